The zero-order valence-corrected chi connectivity index (χ0v) is 13.1. The smallest absolute Gasteiger partial charge is 0.317 e. The summed E-state index contributed by atoms with van der Waals surface area (Å²) in [7, 11) is 0. The van der Waals surface area contributed by atoms with Crippen LogP contribution in [0.5, 0.6) is 0 Å². The average molecular weight is 300 g/mol. The first-order chi connectivity index (χ1) is 9.47. The molecule has 1 atom stereocenters. The molecule has 2 rings (SSSR count). The van der Waals surface area contributed by atoms with Gasteiger partial charge in [-0.25, -0.2) is 4.79 Å². The maximum atomic E-state index is 12.2. The van der Waals surface area contributed by atoms with Gasteiger partial charge in [-0.05, 0) is 38.4 Å². The predicted molar refractivity (Wildman–Crippen MR) is 80.0 cm³/mol. The number of carbonyl (C=O) groups is 2. The van der Waals surface area contributed by atoms with Crippen LogP contribution in [0.2, 0.25) is 0 Å². The van der Waals surface area contributed by atoms with Gasteiger partial charge in [0.15, 0.2) is 0 Å². The SMILES string of the molecule is CCC1(C(=O)O)CCCN(C(=O)NCC2(SC)CC2)C1. The van der Waals surface area contributed by atoms with E-state index in [4.69, 9.17) is 0 Å². The Balaban J connectivity index is 1.91. The number of piperidine rings is 1. The van der Waals surface area contributed by atoms with E-state index in [0.29, 0.717) is 32.5 Å². The molecule has 6 heteroatoms. The minimum atomic E-state index is -0.778. The quantitative estimate of drug-likeness (QED) is 0.816. The molecular formula is C14H24N2O3S. The fourth-order valence-corrected chi connectivity index (χ4v) is 3.59. The Bertz CT molecular complexity index is 398. The number of hydrogen-bond donors (Lipinski definition) is 2. The molecule has 0 spiro atoms. The first kappa shape index (κ1) is 15.5. The third kappa shape index (κ3) is 3.05. The van der Waals surface area contributed by atoms with Crippen LogP contribution in [0.1, 0.15) is 39.0 Å². The van der Waals surface area contributed by atoms with Crippen molar-refractivity contribution < 1.29 is 14.7 Å². The maximum Gasteiger partial charge on any atom is 0.317 e. The number of likely N-dealkylation sites (tertiary alicyclic amines) is 1. The molecule has 2 N–H and O–H groups in total. The molecule has 1 aliphatic heterocycles. The van der Waals surface area contributed by atoms with E-state index in [1.54, 1.807) is 4.90 Å². The second-order valence-electron chi connectivity index (χ2n) is 6.01. The number of hydrogen-bond acceptors (Lipinski definition) is 3. The Morgan fingerprint density at radius 1 is 1.35 bits per heavy atom. The molecule has 1 saturated carbocycles. The van der Waals surface area contributed by atoms with Gasteiger partial charge in [0.05, 0.1) is 5.41 Å². The molecule has 1 saturated heterocycles. The van der Waals surface area contributed by atoms with Crippen LogP contribution in [0.4, 0.5) is 4.79 Å². The van der Waals surface area contributed by atoms with Gasteiger partial charge < -0.3 is 15.3 Å². The summed E-state index contributed by atoms with van der Waals surface area (Å²) in [6, 6.07) is -0.107. The standard InChI is InChI=1S/C14H24N2O3S/c1-3-13(11(17)18)5-4-8-16(10-13)12(19)15-9-14(20-2)6-7-14/h3-10H2,1-2H3,(H,15,19)(H,17,18). The largest absolute Gasteiger partial charge is 0.481 e. The number of aliphatic carboxylic acids is 1. The fraction of sp³-hybridized carbons (Fsp3) is 0.857. The van der Waals surface area contributed by atoms with Crippen molar-refractivity contribution in [2.75, 3.05) is 25.9 Å². The summed E-state index contributed by atoms with van der Waals surface area (Å²) in [6.45, 7) is 3.57. The van der Waals surface area contributed by atoms with Crippen LogP contribution < -0.4 is 5.32 Å². The van der Waals surface area contributed by atoms with E-state index in [1.165, 1.54) is 0 Å². The Hall–Kier alpha value is -0.910. The van der Waals surface area contributed by atoms with Crippen LogP contribution in [0.25, 0.3) is 0 Å². The summed E-state index contributed by atoms with van der Waals surface area (Å²) in [5.41, 5.74) is -0.758. The zero-order valence-electron chi connectivity index (χ0n) is 12.3. The maximum absolute atomic E-state index is 12.2. The van der Waals surface area contributed by atoms with Gasteiger partial charge in [0.1, 0.15) is 0 Å². The van der Waals surface area contributed by atoms with Crippen LogP contribution in [-0.4, -0.2) is 52.6 Å². The number of carboxylic acids is 1. The summed E-state index contributed by atoms with van der Waals surface area (Å²) < 4.78 is 0.236. The molecule has 1 unspecified atom stereocenters. The van der Waals surface area contributed by atoms with Crippen molar-refractivity contribution in [2.45, 2.75) is 43.8 Å². The second-order valence-corrected chi connectivity index (χ2v) is 7.28. The molecular weight excluding hydrogens is 276 g/mol. The first-order valence-electron chi connectivity index (χ1n) is 7.28. The Labute approximate surface area is 124 Å². The van der Waals surface area contributed by atoms with Gasteiger partial charge in [-0.1, -0.05) is 6.92 Å². The first-order valence-corrected chi connectivity index (χ1v) is 8.51. The number of carbonyl (C=O) groups excluding carboxylic acids is 1. The van der Waals surface area contributed by atoms with E-state index in [1.807, 2.05) is 18.7 Å². The van der Waals surface area contributed by atoms with Crippen LogP contribution >= 0.6 is 11.8 Å². The molecule has 5 nitrogen and oxygen atoms in total. The Kier molecular flexibility index (Phi) is 4.52. The number of nitrogens with one attached hydrogen (secondary N) is 1. The van der Waals surface area contributed by atoms with Gasteiger partial charge in [0.2, 0.25) is 0 Å². The Morgan fingerprint density at radius 2 is 2.05 bits per heavy atom. The number of amides is 2. The molecule has 1 heterocycles. The van der Waals surface area contributed by atoms with Gasteiger partial charge in [-0.15, -0.1) is 0 Å². The highest BCUT2D eigenvalue weighted by atomic mass is 32.2. The van der Waals surface area contributed by atoms with Gasteiger partial charge in [0, 0.05) is 24.4 Å². The van der Waals surface area contributed by atoms with Crippen molar-refractivity contribution in [1.82, 2.24) is 10.2 Å². The topological polar surface area (TPSA) is 69.6 Å². The average Bonchev–Trinajstić information content (AvgIpc) is 3.25. The molecule has 20 heavy (non-hydrogen) atoms. The number of rotatable bonds is 5. The summed E-state index contributed by atoms with van der Waals surface area (Å²) in [6.07, 6.45) is 6.39. The lowest BCUT2D eigenvalue weighted by molar-refractivity contribution is -0.152. The van der Waals surface area contributed by atoms with Crippen molar-refractivity contribution in [2.24, 2.45) is 5.41 Å². The lowest BCUT2D eigenvalue weighted by Crippen LogP contribution is -2.53. The number of urea groups is 1. The highest BCUT2D eigenvalue weighted by Gasteiger charge is 2.44. The molecule has 114 valence electrons. The highest BCUT2D eigenvalue weighted by molar-refractivity contribution is 8.00. The van der Waals surface area contributed by atoms with Crippen molar-refractivity contribution in [3.05, 3.63) is 0 Å². The molecule has 0 radical (unpaired) electrons. The summed E-state index contributed by atoms with van der Waals surface area (Å²) in [5, 5.41) is 12.4. The molecule has 2 amide bonds. The van der Waals surface area contributed by atoms with Gasteiger partial charge in [-0.2, -0.15) is 11.8 Å². The molecule has 2 fully saturated rings. The van der Waals surface area contributed by atoms with E-state index in [-0.39, 0.29) is 10.8 Å². The lowest BCUT2D eigenvalue weighted by Gasteiger charge is -2.39. The number of nitrogens with zero attached hydrogens (tertiary/aromatic N) is 1. The minimum absolute atomic E-state index is 0.107. The van der Waals surface area contributed by atoms with Crippen LogP contribution in [0.3, 0.4) is 0 Å². The highest BCUT2D eigenvalue weighted by Crippen LogP contribution is 2.46. The normalized spacial score (nSPS) is 28.0. The molecule has 0 aromatic heterocycles. The Morgan fingerprint density at radius 3 is 2.55 bits per heavy atom. The van der Waals surface area contributed by atoms with E-state index >= 15 is 0 Å². The second kappa shape index (κ2) is 5.84. The monoisotopic (exact) mass is 300 g/mol. The van der Waals surface area contributed by atoms with Crippen molar-refractivity contribution in [3.8, 4) is 0 Å². The predicted octanol–water partition coefficient (Wildman–Crippen LogP) is 2.17. The summed E-state index contributed by atoms with van der Waals surface area (Å²) >= 11 is 1.81. The van der Waals surface area contributed by atoms with Gasteiger partial charge >= 0.3 is 12.0 Å². The number of thioether (sulfide) groups is 1. The minimum Gasteiger partial charge on any atom is -0.481 e. The molecule has 0 aromatic rings. The van der Waals surface area contributed by atoms with Gasteiger partial charge in [-0.3, -0.25) is 4.79 Å². The van der Waals surface area contributed by atoms with E-state index in [2.05, 4.69) is 11.6 Å². The zero-order chi connectivity index (χ0) is 14.8. The summed E-state index contributed by atoms with van der Waals surface area (Å²) in [4.78, 5) is 25.4. The number of carboxylic acid groups (broad SMARTS) is 1. The van der Waals surface area contributed by atoms with Crippen LogP contribution in [0.15, 0.2) is 0 Å². The molecule has 2 aliphatic rings. The van der Waals surface area contributed by atoms with Gasteiger partial charge in [0.25, 0.3) is 0 Å². The molecule has 0 bridgehead atoms. The van der Waals surface area contributed by atoms with E-state index < -0.39 is 11.4 Å². The van der Waals surface area contributed by atoms with E-state index in [0.717, 1.165) is 19.3 Å². The third-order valence-electron chi connectivity index (χ3n) is 4.80. The summed E-state index contributed by atoms with van der Waals surface area (Å²) in [5.74, 6) is -0.778. The lowest BCUT2D eigenvalue weighted by atomic mass is 9.78. The van der Waals surface area contributed by atoms with Crippen molar-refractivity contribution in [1.29, 1.82) is 0 Å². The van der Waals surface area contributed by atoms with Crippen molar-refractivity contribution in [3.63, 3.8) is 0 Å². The van der Waals surface area contributed by atoms with E-state index in [9.17, 15) is 14.7 Å². The molecule has 0 aromatic carbocycles. The van der Waals surface area contributed by atoms with Crippen molar-refractivity contribution >= 4 is 23.8 Å². The third-order valence-corrected chi connectivity index (χ3v) is 6.22. The van der Waals surface area contributed by atoms with Crippen LogP contribution in [-0.2, 0) is 4.79 Å². The molecule has 1 aliphatic carbocycles. The van der Waals surface area contributed by atoms with Crippen LogP contribution in [0, 0.1) is 5.41 Å². The fourth-order valence-electron chi connectivity index (χ4n) is 2.86.